The number of ether oxygens (including phenoxy) is 2. The summed E-state index contributed by atoms with van der Waals surface area (Å²) in [6.45, 7) is 3.84. The molecule has 1 rings (SSSR count). The Kier molecular flexibility index (Phi) is 8.99. The zero-order chi connectivity index (χ0) is 16.5. The van der Waals surface area contributed by atoms with Crippen molar-refractivity contribution in [3.05, 3.63) is 27.2 Å². The van der Waals surface area contributed by atoms with Crippen LogP contribution in [-0.2, 0) is 9.53 Å². The molecule has 0 saturated heterocycles. The molecule has 0 aromatic heterocycles. The molecule has 1 atom stereocenters. The van der Waals surface area contributed by atoms with Crippen LogP contribution in [0.3, 0.4) is 0 Å². The standard InChI is InChI=1S/C16H21Cl3O3/c1-3-4-5-6-7-11(2)22-16(20)10-21-15-9-13(18)12(17)8-14(15)19/h8-9,11H,3-7,10H2,1-2H3/t11-/m1/s1. The minimum Gasteiger partial charge on any atom is -0.480 e. The van der Waals surface area contributed by atoms with Crippen molar-refractivity contribution in [1.82, 2.24) is 0 Å². The minimum absolute atomic E-state index is 0.114. The lowest BCUT2D eigenvalue weighted by atomic mass is 10.1. The molecule has 1 aromatic rings. The molecule has 0 aliphatic heterocycles. The Balaban J connectivity index is 2.35. The number of esters is 1. The van der Waals surface area contributed by atoms with E-state index in [0.717, 1.165) is 19.3 Å². The van der Waals surface area contributed by atoms with E-state index >= 15 is 0 Å². The minimum atomic E-state index is -0.426. The fourth-order valence-corrected chi connectivity index (χ4v) is 2.52. The molecule has 0 saturated carbocycles. The van der Waals surface area contributed by atoms with E-state index < -0.39 is 5.97 Å². The third-order valence-electron chi connectivity index (χ3n) is 3.12. The van der Waals surface area contributed by atoms with Crippen molar-refractivity contribution in [1.29, 1.82) is 0 Å². The second-order valence-corrected chi connectivity index (χ2v) is 6.36. The van der Waals surface area contributed by atoms with E-state index in [4.69, 9.17) is 44.3 Å². The summed E-state index contributed by atoms with van der Waals surface area (Å²) in [5.41, 5.74) is 0. The lowest BCUT2D eigenvalue weighted by molar-refractivity contribution is -0.150. The molecular weight excluding hydrogens is 347 g/mol. The van der Waals surface area contributed by atoms with Crippen LogP contribution < -0.4 is 4.74 Å². The van der Waals surface area contributed by atoms with Gasteiger partial charge in [-0.3, -0.25) is 0 Å². The van der Waals surface area contributed by atoms with Gasteiger partial charge < -0.3 is 9.47 Å². The largest absolute Gasteiger partial charge is 0.480 e. The second-order valence-electron chi connectivity index (χ2n) is 5.14. The van der Waals surface area contributed by atoms with Crippen LogP contribution in [0.1, 0.15) is 46.0 Å². The molecular formula is C16H21Cl3O3. The summed E-state index contributed by atoms with van der Waals surface area (Å²) in [6.07, 6.45) is 5.36. The van der Waals surface area contributed by atoms with Crippen LogP contribution in [0.2, 0.25) is 15.1 Å². The molecule has 22 heavy (non-hydrogen) atoms. The fourth-order valence-electron chi connectivity index (χ4n) is 1.93. The number of halogens is 3. The topological polar surface area (TPSA) is 35.5 Å². The van der Waals surface area contributed by atoms with E-state index in [1.54, 1.807) is 0 Å². The van der Waals surface area contributed by atoms with Crippen LogP contribution in [0, 0.1) is 0 Å². The molecule has 0 radical (unpaired) electrons. The highest BCUT2D eigenvalue weighted by Crippen LogP contribution is 2.33. The van der Waals surface area contributed by atoms with Crippen molar-refractivity contribution in [3.63, 3.8) is 0 Å². The van der Waals surface area contributed by atoms with E-state index in [2.05, 4.69) is 6.92 Å². The Morgan fingerprint density at radius 1 is 1.09 bits per heavy atom. The highest BCUT2D eigenvalue weighted by atomic mass is 35.5. The average Bonchev–Trinajstić information content (AvgIpc) is 2.46. The predicted octanol–water partition coefficient (Wildman–Crippen LogP) is 5.93. The van der Waals surface area contributed by atoms with Gasteiger partial charge in [-0.05, 0) is 25.8 Å². The van der Waals surface area contributed by atoms with Crippen LogP contribution in [0.15, 0.2) is 12.1 Å². The van der Waals surface area contributed by atoms with Crippen molar-refractivity contribution in [2.45, 2.75) is 52.1 Å². The molecule has 0 heterocycles. The molecule has 0 aliphatic rings. The first-order chi connectivity index (χ1) is 10.4. The van der Waals surface area contributed by atoms with E-state index in [1.807, 2.05) is 6.92 Å². The van der Waals surface area contributed by atoms with Crippen LogP contribution >= 0.6 is 34.8 Å². The van der Waals surface area contributed by atoms with Crippen molar-refractivity contribution in [2.24, 2.45) is 0 Å². The van der Waals surface area contributed by atoms with Crippen LogP contribution in [0.25, 0.3) is 0 Å². The highest BCUT2D eigenvalue weighted by molar-refractivity contribution is 6.43. The molecule has 6 heteroatoms. The molecule has 3 nitrogen and oxygen atoms in total. The number of carbonyl (C=O) groups is 1. The maximum absolute atomic E-state index is 11.7. The van der Waals surface area contributed by atoms with Crippen LogP contribution in [0.5, 0.6) is 5.75 Å². The lowest BCUT2D eigenvalue weighted by Crippen LogP contribution is -2.20. The van der Waals surface area contributed by atoms with Gasteiger partial charge in [-0.15, -0.1) is 0 Å². The monoisotopic (exact) mass is 366 g/mol. The quantitative estimate of drug-likeness (QED) is 0.308. The summed E-state index contributed by atoms with van der Waals surface area (Å²) < 4.78 is 10.6. The first kappa shape index (κ1) is 19.4. The molecule has 0 unspecified atom stereocenters. The van der Waals surface area contributed by atoms with Gasteiger partial charge in [0.2, 0.25) is 0 Å². The van der Waals surface area contributed by atoms with Gasteiger partial charge in [-0.2, -0.15) is 0 Å². The molecule has 0 spiro atoms. The van der Waals surface area contributed by atoms with Crippen LogP contribution in [0.4, 0.5) is 0 Å². The third-order valence-corrected chi connectivity index (χ3v) is 4.13. The highest BCUT2D eigenvalue weighted by Gasteiger charge is 2.12. The summed E-state index contributed by atoms with van der Waals surface area (Å²) in [5.74, 6) is -0.117. The summed E-state index contributed by atoms with van der Waals surface area (Å²) in [5, 5.41) is 0.954. The average molecular weight is 368 g/mol. The summed E-state index contributed by atoms with van der Waals surface area (Å²) in [4.78, 5) is 11.7. The lowest BCUT2D eigenvalue weighted by Gasteiger charge is -2.14. The number of hydrogen-bond acceptors (Lipinski definition) is 3. The first-order valence-corrected chi connectivity index (χ1v) is 8.54. The maximum atomic E-state index is 11.7. The summed E-state index contributed by atoms with van der Waals surface area (Å²) >= 11 is 17.7. The van der Waals surface area contributed by atoms with Crippen molar-refractivity contribution in [3.8, 4) is 5.75 Å². The molecule has 0 bridgehead atoms. The van der Waals surface area contributed by atoms with Crippen LogP contribution in [-0.4, -0.2) is 18.7 Å². The van der Waals surface area contributed by atoms with Gasteiger partial charge in [0.1, 0.15) is 5.75 Å². The van der Waals surface area contributed by atoms with E-state index in [0.29, 0.717) is 20.8 Å². The van der Waals surface area contributed by atoms with Gasteiger partial charge in [0.25, 0.3) is 0 Å². The molecule has 0 N–H and O–H groups in total. The molecule has 124 valence electrons. The molecule has 0 aliphatic carbocycles. The van der Waals surface area contributed by atoms with Gasteiger partial charge in [-0.1, -0.05) is 61.0 Å². The Morgan fingerprint density at radius 2 is 1.77 bits per heavy atom. The third kappa shape index (κ3) is 7.08. The van der Waals surface area contributed by atoms with Crippen molar-refractivity contribution >= 4 is 40.8 Å². The number of hydrogen-bond donors (Lipinski definition) is 0. The van der Waals surface area contributed by atoms with Crippen molar-refractivity contribution in [2.75, 3.05) is 6.61 Å². The summed E-state index contributed by atoms with van der Waals surface area (Å²) in [7, 11) is 0. The van der Waals surface area contributed by atoms with Gasteiger partial charge in [0.15, 0.2) is 6.61 Å². The number of unbranched alkanes of at least 4 members (excludes halogenated alkanes) is 3. The van der Waals surface area contributed by atoms with Gasteiger partial charge in [-0.25, -0.2) is 4.79 Å². The Morgan fingerprint density at radius 3 is 2.45 bits per heavy atom. The zero-order valence-corrected chi connectivity index (χ0v) is 15.1. The number of carbonyl (C=O) groups excluding carboxylic acids is 1. The smallest absolute Gasteiger partial charge is 0.344 e. The van der Waals surface area contributed by atoms with E-state index in [-0.39, 0.29) is 12.7 Å². The normalized spacial score (nSPS) is 12.0. The fraction of sp³-hybridized carbons (Fsp3) is 0.562. The number of benzene rings is 1. The van der Waals surface area contributed by atoms with E-state index in [9.17, 15) is 4.79 Å². The Bertz CT molecular complexity index is 492. The summed E-state index contributed by atoms with van der Waals surface area (Å²) in [6, 6.07) is 2.95. The number of rotatable bonds is 9. The molecule has 0 amide bonds. The Hall–Kier alpha value is -0.640. The maximum Gasteiger partial charge on any atom is 0.344 e. The van der Waals surface area contributed by atoms with E-state index in [1.165, 1.54) is 25.0 Å². The second kappa shape index (κ2) is 10.2. The Labute approximate surface area is 146 Å². The van der Waals surface area contributed by atoms with Crippen molar-refractivity contribution < 1.29 is 14.3 Å². The molecule has 0 fully saturated rings. The molecule has 1 aromatic carbocycles. The van der Waals surface area contributed by atoms with Gasteiger partial charge in [0.05, 0.1) is 21.2 Å². The predicted molar refractivity (Wildman–Crippen MR) is 91.3 cm³/mol. The first-order valence-electron chi connectivity index (χ1n) is 7.40. The van der Waals surface area contributed by atoms with Gasteiger partial charge >= 0.3 is 5.97 Å². The zero-order valence-electron chi connectivity index (χ0n) is 12.8. The van der Waals surface area contributed by atoms with Gasteiger partial charge in [0, 0.05) is 6.07 Å². The SMILES string of the molecule is CCCCCC[C@@H](C)OC(=O)COc1cc(Cl)c(Cl)cc1Cl.